The van der Waals surface area contributed by atoms with Crippen molar-refractivity contribution in [3.8, 4) is 0 Å². The molecule has 1 N–H and O–H groups in total. The van der Waals surface area contributed by atoms with E-state index < -0.39 is 0 Å². The van der Waals surface area contributed by atoms with E-state index in [9.17, 15) is 4.79 Å². The third-order valence-corrected chi connectivity index (χ3v) is 8.35. The van der Waals surface area contributed by atoms with E-state index in [-0.39, 0.29) is 5.97 Å². The average molecular weight is 476 g/mol. The second-order valence-electron chi connectivity index (χ2n) is 9.01. The molecule has 0 spiro atoms. The molecule has 3 heterocycles. The number of rotatable bonds is 4. The number of aromatic nitrogens is 2. The van der Waals surface area contributed by atoms with Gasteiger partial charge >= 0.3 is 5.97 Å². The van der Waals surface area contributed by atoms with E-state index in [1.165, 1.54) is 23.2 Å². The number of hydrogen-bond donors (Lipinski definition) is 1. The summed E-state index contributed by atoms with van der Waals surface area (Å²) in [6, 6.07) is 0. The van der Waals surface area contributed by atoms with E-state index >= 15 is 0 Å². The van der Waals surface area contributed by atoms with Gasteiger partial charge in [-0.05, 0) is 56.8 Å². The molecule has 2 aliphatic rings. The lowest BCUT2D eigenvalue weighted by atomic mass is 9.88. The van der Waals surface area contributed by atoms with Crippen LogP contribution in [0, 0.1) is 19.8 Å². The van der Waals surface area contributed by atoms with Crippen molar-refractivity contribution in [1.29, 1.82) is 0 Å². The van der Waals surface area contributed by atoms with E-state index in [2.05, 4.69) is 41.0 Å². The van der Waals surface area contributed by atoms with Gasteiger partial charge in [0.15, 0.2) is 5.11 Å². The molecule has 2 aromatic rings. The summed E-state index contributed by atoms with van der Waals surface area (Å²) in [5.41, 5.74) is 5.49. The molecule has 4 rings (SSSR count). The lowest BCUT2D eigenvalue weighted by Crippen LogP contribution is -2.49. The number of piperazine rings is 1. The molecule has 0 aromatic carbocycles. The van der Waals surface area contributed by atoms with Crippen molar-refractivity contribution in [2.45, 2.75) is 46.6 Å². The highest BCUT2D eigenvalue weighted by Gasteiger charge is 2.29. The fraction of sp³-hybridized carbons (Fsp3) is 0.609. The van der Waals surface area contributed by atoms with Crippen LogP contribution < -0.4 is 5.32 Å². The zero-order valence-corrected chi connectivity index (χ0v) is 21.3. The van der Waals surface area contributed by atoms with Crippen molar-refractivity contribution < 1.29 is 9.53 Å². The number of nitrogens with zero attached hydrogens (tertiary/aromatic N) is 4. The molecule has 0 unspecified atom stereocenters. The first-order valence-corrected chi connectivity index (χ1v) is 12.5. The molecule has 1 aliphatic carbocycles. The summed E-state index contributed by atoms with van der Waals surface area (Å²) in [5.74, 6) is 0.376. The van der Waals surface area contributed by atoms with Gasteiger partial charge in [-0.3, -0.25) is 9.58 Å². The van der Waals surface area contributed by atoms with Crippen molar-refractivity contribution in [3.05, 3.63) is 33.0 Å². The van der Waals surface area contributed by atoms with Crippen molar-refractivity contribution >= 4 is 39.6 Å². The Balaban J connectivity index is 1.41. The number of thiocarbonyl (C=S) groups is 1. The van der Waals surface area contributed by atoms with E-state index in [0.717, 1.165) is 68.2 Å². The molecular weight excluding hydrogens is 442 g/mol. The summed E-state index contributed by atoms with van der Waals surface area (Å²) in [4.78, 5) is 18.5. The van der Waals surface area contributed by atoms with Crippen LogP contribution in [-0.2, 0) is 31.2 Å². The molecule has 1 fully saturated rings. The molecule has 2 aromatic heterocycles. The van der Waals surface area contributed by atoms with Gasteiger partial charge in [-0.25, -0.2) is 4.79 Å². The van der Waals surface area contributed by atoms with Gasteiger partial charge in [0.1, 0.15) is 5.00 Å². The second-order valence-corrected chi connectivity index (χ2v) is 10.5. The Morgan fingerprint density at radius 3 is 2.62 bits per heavy atom. The zero-order chi connectivity index (χ0) is 23.0. The van der Waals surface area contributed by atoms with Crippen LogP contribution in [0.25, 0.3) is 0 Å². The minimum absolute atomic E-state index is 0.269. The average Bonchev–Trinajstić information content (AvgIpc) is 3.24. The van der Waals surface area contributed by atoms with Crippen LogP contribution in [0.1, 0.15) is 51.1 Å². The summed E-state index contributed by atoms with van der Waals surface area (Å²) in [5, 5.41) is 9.46. The summed E-state index contributed by atoms with van der Waals surface area (Å²) >= 11 is 7.42. The van der Waals surface area contributed by atoms with Crippen molar-refractivity contribution in [2.75, 3.05) is 38.6 Å². The predicted molar refractivity (Wildman–Crippen MR) is 133 cm³/mol. The molecule has 1 saturated heterocycles. The van der Waals surface area contributed by atoms with Crippen LogP contribution >= 0.6 is 23.6 Å². The van der Waals surface area contributed by atoms with Gasteiger partial charge in [0.2, 0.25) is 0 Å². The Kier molecular flexibility index (Phi) is 6.88. The molecule has 1 atom stereocenters. The first-order valence-electron chi connectivity index (χ1n) is 11.3. The number of hydrogen-bond acceptors (Lipinski definition) is 6. The maximum Gasteiger partial charge on any atom is 0.341 e. The maximum absolute atomic E-state index is 12.6. The number of methoxy groups -OCH3 is 1. The molecule has 0 amide bonds. The number of aryl methyl sites for hydroxylation is 2. The fourth-order valence-corrected chi connectivity index (χ4v) is 6.46. The highest BCUT2D eigenvalue weighted by atomic mass is 32.1. The largest absolute Gasteiger partial charge is 0.465 e. The van der Waals surface area contributed by atoms with Crippen LogP contribution in [0.15, 0.2) is 0 Å². The molecule has 174 valence electrons. The summed E-state index contributed by atoms with van der Waals surface area (Å²) in [6.45, 7) is 11.0. The van der Waals surface area contributed by atoms with Gasteiger partial charge in [0.25, 0.3) is 0 Å². The Morgan fingerprint density at radius 2 is 2.00 bits per heavy atom. The minimum atomic E-state index is -0.269. The van der Waals surface area contributed by atoms with Crippen molar-refractivity contribution in [1.82, 2.24) is 19.6 Å². The van der Waals surface area contributed by atoms with Gasteiger partial charge < -0.3 is 15.0 Å². The van der Waals surface area contributed by atoms with E-state index in [0.29, 0.717) is 16.6 Å². The van der Waals surface area contributed by atoms with Gasteiger partial charge in [-0.2, -0.15) is 5.10 Å². The smallest absolute Gasteiger partial charge is 0.341 e. The topological polar surface area (TPSA) is 62.6 Å². The first-order chi connectivity index (χ1) is 15.3. The molecule has 0 bridgehead atoms. The quantitative estimate of drug-likeness (QED) is 0.536. The maximum atomic E-state index is 12.6. The number of carbonyl (C=O) groups is 1. The molecule has 0 saturated carbocycles. The second kappa shape index (κ2) is 9.49. The minimum Gasteiger partial charge on any atom is -0.465 e. The fourth-order valence-electron chi connectivity index (χ4n) is 4.71. The summed E-state index contributed by atoms with van der Waals surface area (Å²) in [6.07, 6.45) is 3.05. The van der Waals surface area contributed by atoms with E-state index in [4.69, 9.17) is 17.0 Å². The van der Waals surface area contributed by atoms with Crippen molar-refractivity contribution in [2.24, 2.45) is 13.0 Å². The normalized spacial score (nSPS) is 19.0. The van der Waals surface area contributed by atoms with Crippen molar-refractivity contribution in [3.63, 3.8) is 0 Å². The monoisotopic (exact) mass is 475 g/mol. The number of nitrogens with one attached hydrogen (secondary N) is 1. The molecule has 9 heteroatoms. The van der Waals surface area contributed by atoms with Gasteiger partial charge in [-0.1, -0.05) is 6.92 Å². The Morgan fingerprint density at radius 1 is 1.28 bits per heavy atom. The van der Waals surface area contributed by atoms with Crippen LogP contribution in [0.4, 0.5) is 5.00 Å². The number of carbonyl (C=O) groups excluding carboxylic acids is 1. The van der Waals surface area contributed by atoms with Gasteiger partial charge in [0, 0.05) is 55.9 Å². The number of fused-ring (bicyclic) bond motifs is 1. The first kappa shape index (κ1) is 23.2. The number of esters is 1. The zero-order valence-electron chi connectivity index (χ0n) is 19.7. The molecule has 7 nitrogen and oxygen atoms in total. The van der Waals surface area contributed by atoms with Crippen LogP contribution in [-0.4, -0.2) is 64.0 Å². The van der Waals surface area contributed by atoms with Crippen LogP contribution in [0.5, 0.6) is 0 Å². The highest BCUT2D eigenvalue weighted by Crippen LogP contribution is 2.40. The lowest BCUT2D eigenvalue weighted by Gasteiger charge is -2.36. The standard InChI is InChI=1S/C23H33N5O2S2/c1-14-6-7-17-19(12-14)32-21(20(17)22(29)30-5)24-23(31)28-10-8-27(9-11-28)13-18-15(2)25-26(4)16(18)3/h14H,6-13H2,1-5H3,(H,24,31)/t14-/m0/s1. The molecule has 32 heavy (non-hydrogen) atoms. The SMILES string of the molecule is COC(=O)c1c(NC(=S)N2CCN(Cc3c(C)nn(C)c3C)CC2)sc2c1CC[C@H](C)C2. The lowest BCUT2D eigenvalue weighted by molar-refractivity contribution is 0.0601. The number of anilines is 1. The molecular formula is C23H33N5O2S2. The Hall–Kier alpha value is -1.97. The Labute approximate surface area is 199 Å². The number of thiophene rings is 1. The highest BCUT2D eigenvalue weighted by molar-refractivity contribution is 7.80. The predicted octanol–water partition coefficient (Wildman–Crippen LogP) is 3.52. The Bertz CT molecular complexity index is 1020. The molecule has 0 radical (unpaired) electrons. The molecule has 1 aliphatic heterocycles. The third kappa shape index (κ3) is 4.56. The number of ether oxygens (including phenoxy) is 1. The van der Waals surface area contributed by atoms with Crippen LogP contribution in [0.2, 0.25) is 0 Å². The third-order valence-electron chi connectivity index (χ3n) is 6.82. The van der Waals surface area contributed by atoms with Gasteiger partial charge in [0.05, 0.1) is 18.4 Å². The summed E-state index contributed by atoms with van der Waals surface area (Å²) < 4.78 is 7.06. The van der Waals surface area contributed by atoms with E-state index in [1.54, 1.807) is 11.3 Å². The van der Waals surface area contributed by atoms with E-state index in [1.807, 2.05) is 11.7 Å². The van der Waals surface area contributed by atoms with Crippen LogP contribution in [0.3, 0.4) is 0 Å². The summed E-state index contributed by atoms with van der Waals surface area (Å²) in [7, 11) is 3.45. The van der Waals surface area contributed by atoms with Gasteiger partial charge in [-0.15, -0.1) is 11.3 Å².